The number of aromatic nitrogens is 3. The van der Waals surface area contributed by atoms with Crippen molar-refractivity contribution in [2.45, 2.75) is 12.8 Å². The maximum absolute atomic E-state index is 5.37. The Labute approximate surface area is 270 Å². The average Bonchev–Trinajstić information content (AvgIpc) is 3.69. The minimum Gasteiger partial charge on any atom is -0.281 e. The lowest BCUT2D eigenvalue weighted by Crippen LogP contribution is -2.10. The molecule has 0 unspecified atom stereocenters. The number of benzene rings is 6. The predicted molar refractivity (Wildman–Crippen MR) is 193 cm³/mol. The summed E-state index contributed by atoms with van der Waals surface area (Å²) in [6.45, 7) is 0. The Morgan fingerprint density at radius 3 is 1.74 bits per heavy atom. The van der Waals surface area contributed by atoms with Crippen LogP contribution in [0, 0.1) is 0 Å². The van der Waals surface area contributed by atoms with Crippen LogP contribution >= 0.6 is 11.3 Å². The van der Waals surface area contributed by atoms with E-state index in [2.05, 4.69) is 144 Å². The maximum Gasteiger partial charge on any atom is 0.235 e. The molecule has 0 N–H and O–H groups in total. The van der Waals surface area contributed by atoms with E-state index in [-0.39, 0.29) is 0 Å². The second-order valence-corrected chi connectivity index (χ2v) is 13.1. The molecule has 1 aliphatic rings. The van der Waals surface area contributed by atoms with Crippen molar-refractivity contribution >= 4 is 53.9 Å². The summed E-state index contributed by atoms with van der Waals surface area (Å²) in [5.74, 6) is 0.719. The van der Waals surface area contributed by atoms with Crippen LogP contribution in [0.3, 0.4) is 0 Å². The van der Waals surface area contributed by atoms with Crippen LogP contribution in [0.15, 0.2) is 140 Å². The molecule has 3 nitrogen and oxygen atoms in total. The molecule has 46 heavy (non-hydrogen) atoms. The number of thiophene rings is 1. The van der Waals surface area contributed by atoms with Crippen molar-refractivity contribution < 1.29 is 0 Å². The van der Waals surface area contributed by atoms with E-state index in [9.17, 15) is 0 Å². The maximum atomic E-state index is 5.37. The van der Waals surface area contributed by atoms with E-state index in [0.717, 1.165) is 41.3 Å². The lowest BCUT2D eigenvalue weighted by Gasteiger charge is -2.17. The molecule has 0 atom stereocenters. The lowest BCUT2D eigenvalue weighted by atomic mass is 9.90. The molecular weight excluding hydrogens is 579 g/mol. The van der Waals surface area contributed by atoms with Gasteiger partial charge in [0.25, 0.3) is 0 Å². The van der Waals surface area contributed by atoms with Gasteiger partial charge in [-0.15, -0.1) is 11.3 Å². The summed E-state index contributed by atoms with van der Waals surface area (Å²) in [7, 11) is 0. The Morgan fingerprint density at radius 2 is 1.07 bits per heavy atom. The van der Waals surface area contributed by atoms with Crippen molar-refractivity contribution in [3.05, 3.63) is 151 Å². The molecule has 10 rings (SSSR count). The number of nitrogens with zero attached hydrogens (tertiary/aromatic N) is 3. The summed E-state index contributed by atoms with van der Waals surface area (Å²) < 4.78 is 3.76. The summed E-state index contributed by atoms with van der Waals surface area (Å²) in [4.78, 5) is 12.1. The number of hydrogen-bond donors (Lipinski definition) is 0. The van der Waals surface area contributed by atoms with Gasteiger partial charge in [-0.3, -0.25) is 4.57 Å². The predicted octanol–water partition coefficient (Wildman–Crippen LogP) is 11.0. The third-order valence-corrected chi connectivity index (χ3v) is 10.8. The zero-order valence-corrected chi connectivity index (χ0v) is 25.8. The monoisotopic (exact) mass is 605 g/mol. The second-order valence-electron chi connectivity index (χ2n) is 12.0. The van der Waals surface area contributed by atoms with Crippen molar-refractivity contribution in [3.8, 4) is 38.9 Å². The van der Waals surface area contributed by atoms with Crippen LogP contribution in [-0.2, 0) is 12.8 Å². The van der Waals surface area contributed by atoms with E-state index >= 15 is 0 Å². The van der Waals surface area contributed by atoms with E-state index in [1.165, 1.54) is 64.2 Å². The van der Waals surface area contributed by atoms with Gasteiger partial charge >= 0.3 is 0 Å². The molecular formula is C42H27N3S. The summed E-state index contributed by atoms with van der Waals surface area (Å²) >= 11 is 1.93. The lowest BCUT2D eigenvalue weighted by molar-refractivity contribution is 0.841. The summed E-state index contributed by atoms with van der Waals surface area (Å²) in [5, 5.41) is 7.71. The van der Waals surface area contributed by atoms with Crippen molar-refractivity contribution in [2.24, 2.45) is 0 Å². The highest BCUT2D eigenvalue weighted by Crippen LogP contribution is 2.51. The van der Waals surface area contributed by atoms with Crippen LogP contribution in [0.25, 0.3) is 81.4 Å². The fraction of sp³-hybridized carbons (Fsp3) is 0.0476. The molecule has 3 heterocycles. The van der Waals surface area contributed by atoms with Crippen molar-refractivity contribution in [1.82, 2.24) is 14.5 Å². The molecule has 9 aromatic rings. The van der Waals surface area contributed by atoms with Crippen LogP contribution in [0.1, 0.15) is 11.3 Å². The fourth-order valence-corrected chi connectivity index (χ4v) is 8.87. The minimum absolute atomic E-state index is 0.719. The first-order valence-corrected chi connectivity index (χ1v) is 16.6. The molecule has 0 saturated heterocycles. The third kappa shape index (κ3) is 3.71. The molecule has 0 amide bonds. The first-order valence-electron chi connectivity index (χ1n) is 15.8. The molecule has 0 bridgehead atoms. The smallest absolute Gasteiger partial charge is 0.235 e. The van der Waals surface area contributed by atoms with Gasteiger partial charge in [0.05, 0.1) is 16.9 Å². The SMILES string of the molecule is c1ccc(-c2cc(-c3ccccc3)nc(-n3c4c(c5c6ccccc6c6ccccc6c53)-c3sc5ccccc5c3CC4)n2)cc1. The molecule has 1 aliphatic carbocycles. The topological polar surface area (TPSA) is 30.7 Å². The first-order chi connectivity index (χ1) is 22.8. The molecule has 0 aliphatic heterocycles. The van der Waals surface area contributed by atoms with Crippen LogP contribution < -0.4 is 0 Å². The molecule has 4 heteroatoms. The number of fused-ring (bicyclic) bond motifs is 12. The van der Waals surface area contributed by atoms with Gasteiger partial charge < -0.3 is 0 Å². The summed E-state index contributed by atoms with van der Waals surface area (Å²) in [6, 6.07) is 49.7. The Morgan fingerprint density at radius 1 is 0.522 bits per heavy atom. The van der Waals surface area contributed by atoms with Gasteiger partial charge in [0.2, 0.25) is 5.95 Å². The zero-order chi connectivity index (χ0) is 30.2. The van der Waals surface area contributed by atoms with Gasteiger partial charge in [-0.05, 0) is 52.1 Å². The quantitative estimate of drug-likeness (QED) is 0.188. The van der Waals surface area contributed by atoms with Crippen molar-refractivity contribution in [1.29, 1.82) is 0 Å². The molecule has 0 fully saturated rings. The minimum atomic E-state index is 0.719. The van der Waals surface area contributed by atoms with Crippen LogP contribution in [0.5, 0.6) is 0 Å². The Bertz CT molecular complexity index is 2570. The standard InChI is InChI=1S/C42H27N3S/c1-3-13-26(14-4-1)34-25-35(27-15-5-2-6-16-27)44-42(43-34)45-36-24-23-33-30-19-11-12-22-37(30)46-41(33)39(36)38-31-20-9-7-17-28(31)29-18-8-10-21-32(29)40(38)45/h1-22,25H,23-24H2. The largest absolute Gasteiger partial charge is 0.281 e. The summed E-state index contributed by atoms with van der Waals surface area (Å²) in [6.07, 6.45) is 1.91. The highest BCUT2D eigenvalue weighted by Gasteiger charge is 2.31. The number of aryl methyl sites for hydroxylation is 1. The van der Waals surface area contributed by atoms with Gasteiger partial charge in [-0.1, -0.05) is 127 Å². The molecule has 0 saturated carbocycles. The molecule has 3 aromatic heterocycles. The third-order valence-electron chi connectivity index (χ3n) is 9.53. The van der Waals surface area contributed by atoms with Crippen LogP contribution in [0.2, 0.25) is 0 Å². The van der Waals surface area contributed by atoms with Crippen LogP contribution in [-0.4, -0.2) is 14.5 Å². The van der Waals surface area contributed by atoms with E-state index in [1.54, 1.807) is 0 Å². The van der Waals surface area contributed by atoms with Gasteiger partial charge in [-0.25, -0.2) is 9.97 Å². The van der Waals surface area contributed by atoms with Gasteiger partial charge in [0.15, 0.2) is 0 Å². The highest BCUT2D eigenvalue weighted by molar-refractivity contribution is 7.22. The van der Waals surface area contributed by atoms with Gasteiger partial charge in [-0.2, -0.15) is 0 Å². The van der Waals surface area contributed by atoms with E-state index in [1.807, 2.05) is 11.3 Å². The van der Waals surface area contributed by atoms with Gasteiger partial charge in [0, 0.05) is 42.7 Å². The summed E-state index contributed by atoms with van der Waals surface area (Å²) in [5.41, 5.74) is 9.29. The Kier molecular flexibility index (Phi) is 5.57. The van der Waals surface area contributed by atoms with Crippen molar-refractivity contribution in [3.63, 3.8) is 0 Å². The van der Waals surface area contributed by atoms with E-state index < -0.39 is 0 Å². The molecule has 0 spiro atoms. The average molecular weight is 606 g/mol. The zero-order valence-electron chi connectivity index (χ0n) is 24.9. The fourth-order valence-electron chi connectivity index (χ4n) is 7.54. The Hall–Kier alpha value is -5.58. The first kappa shape index (κ1) is 25.7. The molecule has 6 aromatic carbocycles. The van der Waals surface area contributed by atoms with E-state index in [0.29, 0.717) is 0 Å². The second kappa shape index (κ2) is 9.96. The Balaban J connectivity index is 1.40. The molecule has 0 radical (unpaired) electrons. The normalized spacial score (nSPS) is 12.6. The molecule has 216 valence electrons. The number of rotatable bonds is 3. The highest BCUT2D eigenvalue weighted by atomic mass is 32.1. The van der Waals surface area contributed by atoms with Gasteiger partial charge in [0.1, 0.15) is 0 Å². The van der Waals surface area contributed by atoms with Crippen LogP contribution in [0.4, 0.5) is 0 Å². The van der Waals surface area contributed by atoms with Crippen molar-refractivity contribution in [2.75, 3.05) is 0 Å². The van der Waals surface area contributed by atoms with E-state index in [4.69, 9.17) is 9.97 Å². The number of hydrogen-bond acceptors (Lipinski definition) is 3.